The van der Waals surface area contributed by atoms with Gasteiger partial charge in [-0.15, -0.1) is 0 Å². The number of hydrogen-bond donors (Lipinski definition) is 2. The summed E-state index contributed by atoms with van der Waals surface area (Å²) in [6, 6.07) is 10.9. The molecule has 0 radical (unpaired) electrons. The number of primary amides is 1. The third-order valence-electron chi connectivity index (χ3n) is 8.06. The number of rotatable bonds is 9. The number of ether oxygens (including phenoxy) is 1. The molecule has 1 atom stereocenters. The molecule has 41 heavy (non-hydrogen) atoms. The first-order valence-corrected chi connectivity index (χ1v) is 14.1. The molecule has 2 aromatic rings. The number of benzene rings is 2. The van der Waals surface area contributed by atoms with Crippen LogP contribution in [0, 0.1) is 0 Å². The maximum Gasteiger partial charge on any atom is 0.265 e. The molecule has 1 unspecified atom stereocenters. The van der Waals surface area contributed by atoms with Crippen LogP contribution in [-0.2, 0) is 22.7 Å². The van der Waals surface area contributed by atoms with Gasteiger partial charge < -0.3 is 25.9 Å². The van der Waals surface area contributed by atoms with Crippen LogP contribution in [0.5, 0.6) is 5.75 Å². The zero-order valence-electron chi connectivity index (χ0n) is 22.7. The standard InChI is InChI=1S/C30H33N5O5S/c31-10-7-27(41)35-18-40-26-6-3-19(14-24(26)30(35)39)16-33-11-8-20(9-12-33)21-4-5-23-22(15-21)17-34(29(23)38)25(28(32)37)2-1-13-36/h3-7,10,13-15,20,25H,1-2,8-9,11-12,16-18,31H2,(H2,32,37)/b10-7-. The Morgan fingerprint density at radius 3 is 2.59 bits per heavy atom. The number of carbonyl (C=O) groups is 4. The van der Waals surface area contributed by atoms with E-state index in [1.807, 2.05) is 30.3 Å². The van der Waals surface area contributed by atoms with Crippen molar-refractivity contribution < 1.29 is 23.9 Å². The van der Waals surface area contributed by atoms with Crippen LogP contribution < -0.4 is 16.2 Å². The van der Waals surface area contributed by atoms with E-state index in [4.69, 9.17) is 28.4 Å². The van der Waals surface area contributed by atoms with E-state index in [1.54, 1.807) is 0 Å². The van der Waals surface area contributed by atoms with Crippen LogP contribution in [0.3, 0.4) is 0 Å². The van der Waals surface area contributed by atoms with Gasteiger partial charge in [0.25, 0.3) is 11.8 Å². The van der Waals surface area contributed by atoms with E-state index in [0.29, 0.717) is 40.9 Å². The fourth-order valence-electron chi connectivity index (χ4n) is 5.87. The number of likely N-dealkylation sites (tertiary alicyclic amines) is 1. The monoisotopic (exact) mass is 575 g/mol. The van der Waals surface area contributed by atoms with Gasteiger partial charge in [-0.25, -0.2) is 0 Å². The van der Waals surface area contributed by atoms with E-state index >= 15 is 0 Å². The average molecular weight is 576 g/mol. The fourth-order valence-corrected chi connectivity index (χ4v) is 6.09. The molecule has 0 saturated carbocycles. The predicted molar refractivity (Wildman–Crippen MR) is 156 cm³/mol. The zero-order valence-corrected chi connectivity index (χ0v) is 23.5. The molecule has 214 valence electrons. The van der Waals surface area contributed by atoms with Gasteiger partial charge in [-0.1, -0.05) is 30.4 Å². The van der Waals surface area contributed by atoms with Crippen molar-refractivity contribution in [3.63, 3.8) is 0 Å². The van der Waals surface area contributed by atoms with E-state index < -0.39 is 11.9 Å². The first kappa shape index (κ1) is 28.4. The maximum absolute atomic E-state index is 13.0. The van der Waals surface area contributed by atoms with Gasteiger partial charge in [0.15, 0.2) is 6.73 Å². The lowest BCUT2D eigenvalue weighted by Gasteiger charge is -2.33. The summed E-state index contributed by atoms with van der Waals surface area (Å²) >= 11 is 5.27. The van der Waals surface area contributed by atoms with Crippen molar-refractivity contribution in [1.82, 2.24) is 14.7 Å². The Hall–Kier alpha value is -4.09. The molecule has 4 N–H and O–H groups in total. The van der Waals surface area contributed by atoms with Gasteiger partial charge in [-0.3, -0.25) is 24.2 Å². The number of aldehydes is 1. The normalized spacial score (nSPS) is 18.2. The second kappa shape index (κ2) is 12.2. The molecule has 10 nitrogen and oxygen atoms in total. The Labute approximate surface area is 243 Å². The Bertz CT molecular complexity index is 1420. The predicted octanol–water partition coefficient (Wildman–Crippen LogP) is 2.45. The maximum atomic E-state index is 13.0. The molecule has 5 rings (SSSR count). The Balaban J connectivity index is 1.20. The average Bonchev–Trinajstić information content (AvgIpc) is 3.29. The Kier molecular flexibility index (Phi) is 8.46. The number of hydrogen-bond acceptors (Lipinski definition) is 8. The smallest absolute Gasteiger partial charge is 0.265 e. The van der Waals surface area contributed by atoms with Crippen molar-refractivity contribution >= 4 is 41.2 Å². The fraction of sp³-hybridized carbons (Fsp3) is 0.367. The van der Waals surface area contributed by atoms with Gasteiger partial charge in [0, 0.05) is 25.1 Å². The SMILES string of the molecule is N/C=C\C(=S)N1COc2ccc(CN3CCC(c4ccc5c(c4)CN(C(CCC=O)C(N)=O)C5=O)CC3)cc2C1=O. The van der Waals surface area contributed by atoms with Gasteiger partial charge in [0.1, 0.15) is 23.1 Å². The molecule has 3 aliphatic rings. The zero-order chi connectivity index (χ0) is 29.1. The van der Waals surface area contributed by atoms with E-state index in [2.05, 4.69) is 11.0 Å². The number of carbonyl (C=O) groups excluding carboxylic acids is 4. The first-order valence-electron chi connectivity index (χ1n) is 13.7. The topological polar surface area (TPSA) is 139 Å². The van der Waals surface area contributed by atoms with Gasteiger partial charge in [0.2, 0.25) is 5.91 Å². The summed E-state index contributed by atoms with van der Waals surface area (Å²) in [6.45, 7) is 2.87. The molecule has 3 aliphatic heterocycles. The molecule has 0 bridgehead atoms. The summed E-state index contributed by atoms with van der Waals surface area (Å²) in [5.41, 5.74) is 15.2. The van der Waals surface area contributed by atoms with Crippen molar-refractivity contribution in [2.75, 3.05) is 19.8 Å². The quantitative estimate of drug-likeness (QED) is 0.264. The van der Waals surface area contributed by atoms with Crippen LogP contribution in [0.2, 0.25) is 0 Å². The largest absolute Gasteiger partial charge is 0.472 e. The van der Waals surface area contributed by atoms with Gasteiger partial charge >= 0.3 is 0 Å². The first-order chi connectivity index (χ1) is 19.8. The lowest BCUT2D eigenvalue weighted by atomic mass is 9.87. The molecule has 2 aromatic carbocycles. The number of fused-ring (bicyclic) bond motifs is 2. The Morgan fingerprint density at radius 2 is 1.88 bits per heavy atom. The van der Waals surface area contributed by atoms with Gasteiger partial charge in [-0.05, 0) is 85.4 Å². The van der Waals surface area contributed by atoms with Gasteiger partial charge in [0.05, 0.1) is 5.56 Å². The van der Waals surface area contributed by atoms with Crippen molar-refractivity contribution in [2.45, 2.75) is 50.7 Å². The highest BCUT2D eigenvalue weighted by atomic mass is 32.1. The third kappa shape index (κ3) is 5.86. The highest BCUT2D eigenvalue weighted by Crippen LogP contribution is 2.34. The third-order valence-corrected chi connectivity index (χ3v) is 8.42. The summed E-state index contributed by atoms with van der Waals surface area (Å²) in [7, 11) is 0. The van der Waals surface area contributed by atoms with Crippen molar-refractivity contribution in [3.8, 4) is 5.75 Å². The van der Waals surface area contributed by atoms with E-state index in [0.717, 1.165) is 43.3 Å². The molecule has 0 spiro atoms. The van der Waals surface area contributed by atoms with Crippen LogP contribution in [-0.4, -0.2) is 69.6 Å². The molecule has 1 fully saturated rings. The number of nitrogens with zero attached hydrogens (tertiary/aromatic N) is 3. The number of thiocarbonyl (C=S) groups is 1. The number of amides is 3. The highest BCUT2D eigenvalue weighted by Gasteiger charge is 2.36. The summed E-state index contributed by atoms with van der Waals surface area (Å²) in [5, 5.41) is 0. The Morgan fingerprint density at radius 1 is 1.10 bits per heavy atom. The molecule has 3 heterocycles. The van der Waals surface area contributed by atoms with Crippen LogP contribution in [0.1, 0.15) is 69.0 Å². The summed E-state index contributed by atoms with van der Waals surface area (Å²) in [6.07, 6.45) is 5.86. The second-order valence-corrected chi connectivity index (χ2v) is 11.0. The number of nitrogens with two attached hydrogens (primary N) is 2. The summed E-state index contributed by atoms with van der Waals surface area (Å²) in [5.74, 6) is -0.111. The molecule has 0 aliphatic carbocycles. The molecule has 11 heteroatoms. The molecule has 1 saturated heterocycles. The molecule has 3 amide bonds. The van der Waals surface area contributed by atoms with Crippen LogP contribution in [0.15, 0.2) is 48.7 Å². The minimum atomic E-state index is -0.792. The van der Waals surface area contributed by atoms with Crippen LogP contribution in [0.25, 0.3) is 0 Å². The van der Waals surface area contributed by atoms with E-state index in [1.165, 1.54) is 27.6 Å². The minimum absolute atomic E-state index is 0.0582. The van der Waals surface area contributed by atoms with Crippen molar-refractivity contribution in [1.29, 1.82) is 0 Å². The van der Waals surface area contributed by atoms with Crippen LogP contribution >= 0.6 is 12.2 Å². The van der Waals surface area contributed by atoms with Crippen LogP contribution in [0.4, 0.5) is 0 Å². The van der Waals surface area contributed by atoms with Gasteiger partial charge in [-0.2, -0.15) is 0 Å². The molecular formula is C30H33N5O5S. The van der Waals surface area contributed by atoms with Crippen molar-refractivity contribution in [2.24, 2.45) is 11.5 Å². The lowest BCUT2D eigenvalue weighted by Crippen LogP contribution is -2.44. The lowest BCUT2D eigenvalue weighted by molar-refractivity contribution is -0.122. The highest BCUT2D eigenvalue weighted by molar-refractivity contribution is 7.80. The molecule has 0 aromatic heterocycles. The van der Waals surface area contributed by atoms with Crippen molar-refractivity contribution in [3.05, 3.63) is 76.5 Å². The minimum Gasteiger partial charge on any atom is -0.472 e. The second-order valence-electron chi connectivity index (χ2n) is 10.6. The summed E-state index contributed by atoms with van der Waals surface area (Å²) < 4.78 is 5.74. The van der Waals surface area contributed by atoms with E-state index in [9.17, 15) is 19.2 Å². The molecular weight excluding hydrogens is 542 g/mol. The number of piperidine rings is 1. The summed E-state index contributed by atoms with van der Waals surface area (Å²) in [4.78, 5) is 54.4. The van der Waals surface area contributed by atoms with E-state index in [-0.39, 0.29) is 31.4 Å².